The Morgan fingerprint density at radius 2 is 2.11 bits per heavy atom. The van der Waals surface area contributed by atoms with Crippen molar-refractivity contribution in [2.45, 2.75) is 19.9 Å². The molecule has 0 aliphatic carbocycles. The smallest absolute Gasteiger partial charge is 0.340 e. The zero-order chi connectivity index (χ0) is 14.4. The predicted octanol–water partition coefficient (Wildman–Crippen LogP) is 3.30. The van der Waals surface area contributed by atoms with Crippen LogP contribution in [0.1, 0.15) is 24.2 Å². The van der Waals surface area contributed by atoms with Crippen molar-refractivity contribution >= 4 is 23.4 Å². The number of halogens is 2. The Balaban J connectivity index is 2.87. The van der Waals surface area contributed by atoms with Crippen molar-refractivity contribution in [3.8, 4) is 0 Å². The lowest BCUT2D eigenvalue weighted by Crippen LogP contribution is -2.20. The number of hydrogen-bond donors (Lipinski definition) is 1. The van der Waals surface area contributed by atoms with Crippen LogP contribution in [0, 0.1) is 11.6 Å². The molecule has 0 saturated heterocycles. The number of rotatable bonds is 6. The van der Waals surface area contributed by atoms with Crippen molar-refractivity contribution in [2.24, 2.45) is 0 Å². The van der Waals surface area contributed by atoms with Gasteiger partial charge in [0.25, 0.3) is 0 Å². The first kappa shape index (κ1) is 15.8. The Bertz CT molecular complexity index is 455. The van der Waals surface area contributed by atoms with E-state index in [0.717, 1.165) is 18.6 Å². The van der Waals surface area contributed by atoms with Gasteiger partial charge in [0.15, 0.2) is 11.6 Å². The molecule has 0 aliphatic heterocycles. The second kappa shape index (κ2) is 7.33. The Labute approximate surface area is 115 Å². The van der Waals surface area contributed by atoms with Crippen LogP contribution in [0.2, 0.25) is 0 Å². The Hall–Kier alpha value is -1.30. The summed E-state index contributed by atoms with van der Waals surface area (Å²) in [6.07, 6.45) is 0. The summed E-state index contributed by atoms with van der Waals surface area (Å²) in [5.41, 5.74) is -0.351. The van der Waals surface area contributed by atoms with Crippen LogP contribution in [-0.4, -0.2) is 30.6 Å². The highest BCUT2D eigenvalue weighted by atomic mass is 32.2. The molecule has 1 unspecified atom stereocenters. The standard InChI is InChI=1S/C13H17F2NO2S/c1-4-19-7-8(2)16-10-6-5-9(13(17)18-3)11(14)12(10)15/h5-6,8,16H,4,7H2,1-3H3. The highest BCUT2D eigenvalue weighted by molar-refractivity contribution is 7.99. The molecule has 0 aliphatic rings. The number of methoxy groups -OCH3 is 1. The summed E-state index contributed by atoms with van der Waals surface area (Å²) in [4.78, 5) is 11.2. The Kier molecular flexibility index (Phi) is 6.08. The lowest BCUT2D eigenvalue weighted by atomic mass is 10.1. The van der Waals surface area contributed by atoms with Crippen LogP contribution in [0.3, 0.4) is 0 Å². The van der Waals surface area contributed by atoms with E-state index >= 15 is 0 Å². The predicted molar refractivity (Wildman–Crippen MR) is 73.8 cm³/mol. The van der Waals surface area contributed by atoms with Crippen LogP contribution < -0.4 is 5.32 Å². The summed E-state index contributed by atoms with van der Waals surface area (Å²) < 4.78 is 31.8. The van der Waals surface area contributed by atoms with E-state index in [4.69, 9.17) is 0 Å². The number of anilines is 1. The highest BCUT2D eigenvalue weighted by Crippen LogP contribution is 2.22. The zero-order valence-electron chi connectivity index (χ0n) is 11.1. The second-order valence-corrected chi connectivity index (χ2v) is 5.30. The number of carbonyl (C=O) groups is 1. The molecule has 0 aromatic heterocycles. The number of ether oxygens (including phenoxy) is 1. The molecule has 0 saturated carbocycles. The molecule has 1 rings (SSSR count). The molecule has 0 spiro atoms. The lowest BCUT2D eigenvalue weighted by molar-refractivity contribution is 0.0594. The van der Waals surface area contributed by atoms with Crippen LogP contribution >= 0.6 is 11.8 Å². The molecule has 3 nitrogen and oxygen atoms in total. The molecule has 1 N–H and O–H groups in total. The summed E-state index contributed by atoms with van der Waals surface area (Å²) in [5.74, 6) is -1.39. The Morgan fingerprint density at radius 1 is 1.42 bits per heavy atom. The normalized spacial score (nSPS) is 12.1. The van der Waals surface area contributed by atoms with E-state index in [-0.39, 0.29) is 11.7 Å². The Morgan fingerprint density at radius 3 is 2.68 bits per heavy atom. The summed E-state index contributed by atoms with van der Waals surface area (Å²) in [6, 6.07) is 2.56. The number of nitrogens with one attached hydrogen (secondary N) is 1. The van der Waals surface area contributed by atoms with E-state index in [1.807, 2.05) is 13.8 Å². The monoisotopic (exact) mass is 289 g/mol. The van der Waals surface area contributed by atoms with Crippen LogP contribution in [-0.2, 0) is 4.74 Å². The molecule has 1 aromatic rings. The molecule has 0 radical (unpaired) electrons. The molecular weight excluding hydrogens is 272 g/mol. The van der Waals surface area contributed by atoms with E-state index in [9.17, 15) is 13.6 Å². The van der Waals surface area contributed by atoms with Crippen molar-refractivity contribution in [1.29, 1.82) is 0 Å². The van der Waals surface area contributed by atoms with Gasteiger partial charge in [-0.05, 0) is 24.8 Å². The van der Waals surface area contributed by atoms with E-state index in [2.05, 4.69) is 10.1 Å². The summed E-state index contributed by atoms with van der Waals surface area (Å²) in [5, 5.41) is 2.88. The van der Waals surface area contributed by atoms with E-state index < -0.39 is 23.2 Å². The van der Waals surface area contributed by atoms with Crippen molar-refractivity contribution in [3.63, 3.8) is 0 Å². The van der Waals surface area contributed by atoms with Gasteiger partial charge in [-0.1, -0.05) is 6.92 Å². The summed E-state index contributed by atoms with van der Waals surface area (Å²) >= 11 is 1.70. The number of thioether (sulfide) groups is 1. The quantitative estimate of drug-likeness (QED) is 0.815. The summed E-state index contributed by atoms with van der Waals surface area (Å²) in [6.45, 7) is 3.91. The maximum Gasteiger partial charge on any atom is 0.340 e. The third kappa shape index (κ3) is 4.09. The van der Waals surface area contributed by atoms with Gasteiger partial charge in [-0.3, -0.25) is 0 Å². The van der Waals surface area contributed by atoms with Crippen molar-refractivity contribution < 1.29 is 18.3 Å². The maximum atomic E-state index is 13.8. The molecule has 1 aromatic carbocycles. The van der Waals surface area contributed by atoms with Crippen molar-refractivity contribution in [1.82, 2.24) is 0 Å². The number of hydrogen-bond acceptors (Lipinski definition) is 4. The van der Waals surface area contributed by atoms with Gasteiger partial charge in [-0.2, -0.15) is 11.8 Å². The molecule has 1 atom stereocenters. The molecule has 0 amide bonds. The van der Waals surface area contributed by atoms with Gasteiger partial charge in [0, 0.05) is 11.8 Å². The van der Waals surface area contributed by atoms with E-state index in [0.29, 0.717) is 0 Å². The molecule has 0 fully saturated rings. The molecule has 106 valence electrons. The third-order valence-corrected chi connectivity index (χ3v) is 3.61. The average molecular weight is 289 g/mol. The third-order valence-electron chi connectivity index (χ3n) is 2.46. The van der Waals surface area contributed by atoms with Crippen LogP contribution in [0.4, 0.5) is 14.5 Å². The molecule has 0 bridgehead atoms. The topological polar surface area (TPSA) is 38.3 Å². The van der Waals surface area contributed by atoms with Gasteiger partial charge in [0.1, 0.15) is 0 Å². The van der Waals surface area contributed by atoms with Crippen molar-refractivity contribution in [2.75, 3.05) is 23.9 Å². The largest absolute Gasteiger partial charge is 0.465 e. The number of benzene rings is 1. The number of carbonyl (C=O) groups excluding carboxylic acids is 1. The lowest BCUT2D eigenvalue weighted by Gasteiger charge is -2.16. The van der Waals surface area contributed by atoms with Crippen LogP contribution in [0.25, 0.3) is 0 Å². The fourth-order valence-corrected chi connectivity index (χ4v) is 2.20. The van der Waals surface area contributed by atoms with Gasteiger partial charge in [-0.15, -0.1) is 0 Å². The van der Waals surface area contributed by atoms with Crippen LogP contribution in [0.5, 0.6) is 0 Å². The van der Waals surface area contributed by atoms with Gasteiger partial charge < -0.3 is 10.1 Å². The number of esters is 1. The first-order valence-corrected chi connectivity index (χ1v) is 7.07. The first-order valence-electron chi connectivity index (χ1n) is 5.91. The SMILES string of the molecule is CCSCC(C)Nc1ccc(C(=O)OC)c(F)c1F. The van der Waals surface area contributed by atoms with Gasteiger partial charge in [0.2, 0.25) is 0 Å². The van der Waals surface area contributed by atoms with Gasteiger partial charge in [0.05, 0.1) is 18.4 Å². The molecule has 0 heterocycles. The highest BCUT2D eigenvalue weighted by Gasteiger charge is 2.19. The van der Waals surface area contributed by atoms with Gasteiger partial charge >= 0.3 is 5.97 Å². The fourth-order valence-electron chi connectivity index (χ4n) is 1.53. The molecular formula is C13H17F2NO2S. The minimum absolute atomic E-state index is 0.00262. The van der Waals surface area contributed by atoms with E-state index in [1.54, 1.807) is 11.8 Å². The fraction of sp³-hybridized carbons (Fsp3) is 0.462. The first-order chi connectivity index (χ1) is 9.01. The molecule has 19 heavy (non-hydrogen) atoms. The maximum absolute atomic E-state index is 13.8. The zero-order valence-corrected chi connectivity index (χ0v) is 11.9. The minimum atomic E-state index is -1.19. The van der Waals surface area contributed by atoms with Crippen molar-refractivity contribution in [3.05, 3.63) is 29.3 Å². The molecule has 6 heteroatoms. The van der Waals surface area contributed by atoms with E-state index in [1.165, 1.54) is 12.1 Å². The second-order valence-electron chi connectivity index (χ2n) is 3.99. The average Bonchev–Trinajstić information content (AvgIpc) is 2.41. The van der Waals surface area contributed by atoms with Crippen LogP contribution in [0.15, 0.2) is 12.1 Å². The summed E-state index contributed by atoms with van der Waals surface area (Å²) in [7, 11) is 1.12. The van der Waals surface area contributed by atoms with Gasteiger partial charge in [-0.25, -0.2) is 13.6 Å². The minimum Gasteiger partial charge on any atom is -0.465 e.